The molecule has 0 unspecified atom stereocenters. The van der Waals surface area contributed by atoms with Crippen LogP contribution in [0.25, 0.3) is 5.69 Å². The van der Waals surface area contributed by atoms with Crippen LogP contribution in [-0.4, -0.2) is 52.0 Å². The summed E-state index contributed by atoms with van der Waals surface area (Å²) >= 11 is 0. The molecule has 2 heterocycles. The summed E-state index contributed by atoms with van der Waals surface area (Å²) in [5.74, 6) is -1.56. The van der Waals surface area contributed by atoms with E-state index in [1.165, 1.54) is 17.0 Å². The molecule has 0 spiro atoms. The largest absolute Gasteiger partial charge is 0.435 e. The smallest absolute Gasteiger partial charge is 0.335 e. The summed E-state index contributed by atoms with van der Waals surface area (Å²) in [6.07, 6.45) is -4.87. The molecule has 0 bridgehead atoms. The van der Waals surface area contributed by atoms with Crippen LogP contribution in [-0.2, 0) is 6.18 Å². The second-order valence-electron chi connectivity index (χ2n) is 5.22. The Bertz CT molecular complexity index is 758. The van der Waals surface area contributed by atoms with Gasteiger partial charge in [-0.3, -0.25) is 4.79 Å². The molecule has 2 aromatic rings. The van der Waals surface area contributed by atoms with E-state index in [1.54, 1.807) is 0 Å². The lowest BCUT2D eigenvalue weighted by Gasteiger charge is -2.27. The Morgan fingerprint density at radius 2 is 1.88 bits per heavy atom. The van der Waals surface area contributed by atoms with Gasteiger partial charge in [0.15, 0.2) is 11.4 Å². The molecule has 1 aromatic heterocycles. The lowest BCUT2D eigenvalue weighted by atomic mass is 10.2. The van der Waals surface area contributed by atoms with E-state index in [9.17, 15) is 22.4 Å². The fraction of sp³-hybridized carbons (Fsp3) is 0.357. The van der Waals surface area contributed by atoms with Crippen molar-refractivity contribution in [1.29, 1.82) is 0 Å². The van der Waals surface area contributed by atoms with E-state index in [0.717, 1.165) is 12.1 Å². The van der Waals surface area contributed by atoms with Crippen molar-refractivity contribution in [2.45, 2.75) is 6.18 Å². The number of carbonyl (C=O) groups is 1. The van der Waals surface area contributed by atoms with Crippen LogP contribution in [0.5, 0.6) is 0 Å². The van der Waals surface area contributed by atoms with E-state index in [0.29, 0.717) is 17.8 Å². The highest BCUT2D eigenvalue weighted by atomic mass is 35.5. The van der Waals surface area contributed by atoms with Gasteiger partial charge >= 0.3 is 6.18 Å². The van der Waals surface area contributed by atoms with Crippen LogP contribution in [0.1, 0.15) is 16.2 Å². The maximum atomic E-state index is 13.5. The molecule has 0 radical (unpaired) electrons. The normalized spacial score (nSPS) is 15.0. The first-order chi connectivity index (χ1) is 11.4. The Morgan fingerprint density at radius 1 is 1.20 bits per heavy atom. The van der Waals surface area contributed by atoms with Crippen molar-refractivity contribution in [3.63, 3.8) is 0 Å². The highest BCUT2D eigenvalue weighted by Crippen LogP contribution is 2.33. The zero-order chi connectivity index (χ0) is 17.3. The van der Waals surface area contributed by atoms with Gasteiger partial charge in [-0.25, -0.2) is 9.07 Å². The average Bonchev–Trinajstić information content (AvgIpc) is 3.00. The number of piperazine rings is 1. The average molecular weight is 380 g/mol. The molecule has 25 heavy (non-hydrogen) atoms. The van der Waals surface area contributed by atoms with Crippen molar-refractivity contribution in [2.24, 2.45) is 0 Å². The number of rotatable bonds is 2. The van der Waals surface area contributed by atoms with Crippen LogP contribution in [0.3, 0.4) is 0 Å². The Balaban J connectivity index is 0.00000225. The number of amides is 1. The van der Waals surface area contributed by atoms with E-state index in [-0.39, 0.29) is 31.2 Å². The first kappa shape index (κ1) is 19.1. The van der Waals surface area contributed by atoms with Gasteiger partial charge in [0.1, 0.15) is 5.82 Å². The van der Waals surface area contributed by atoms with Crippen molar-refractivity contribution in [2.75, 3.05) is 26.2 Å². The van der Waals surface area contributed by atoms with Crippen LogP contribution in [0.15, 0.2) is 24.3 Å². The lowest BCUT2D eigenvalue weighted by Crippen LogP contribution is -2.47. The SMILES string of the molecule is Cl.O=C(c1nnn(-c2cccc(F)c2)c1C(F)(F)F)N1CCNCC1. The third kappa shape index (κ3) is 3.90. The van der Waals surface area contributed by atoms with Gasteiger partial charge in [0.05, 0.1) is 5.69 Å². The minimum absolute atomic E-state index is 0. The molecule has 1 aromatic carbocycles. The molecule has 11 heteroatoms. The van der Waals surface area contributed by atoms with Gasteiger partial charge in [-0.2, -0.15) is 13.2 Å². The van der Waals surface area contributed by atoms with Crippen LogP contribution in [0.4, 0.5) is 17.6 Å². The van der Waals surface area contributed by atoms with E-state index in [1.807, 2.05) is 0 Å². The standard InChI is InChI=1S/C14H13F4N5O.ClH/c15-9-2-1-3-10(8-9)23-12(14(16,17)18)11(20-21-23)13(24)22-6-4-19-5-7-22;/h1-3,8,19H,4-7H2;1H. The van der Waals surface area contributed by atoms with Crippen molar-refractivity contribution >= 4 is 18.3 Å². The summed E-state index contributed by atoms with van der Waals surface area (Å²) in [6.45, 7) is 1.54. The summed E-state index contributed by atoms with van der Waals surface area (Å²) in [5, 5.41) is 9.85. The van der Waals surface area contributed by atoms with E-state index in [4.69, 9.17) is 0 Å². The molecule has 3 rings (SSSR count). The minimum atomic E-state index is -4.87. The number of nitrogens with zero attached hydrogens (tertiary/aromatic N) is 4. The number of nitrogens with one attached hydrogen (secondary N) is 1. The number of hydrogen-bond donors (Lipinski definition) is 1. The van der Waals surface area contributed by atoms with E-state index in [2.05, 4.69) is 15.6 Å². The summed E-state index contributed by atoms with van der Waals surface area (Å²) in [7, 11) is 0. The number of halogens is 5. The number of hydrogen-bond acceptors (Lipinski definition) is 4. The molecule has 0 aliphatic carbocycles. The molecule has 1 saturated heterocycles. The van der Waals surface area contributed by atoms with Gasteiger partial charge in [-0.05, 0) is 18.2 Å². The zero-order valence-electron chi connectivity index (χ0n) is 12.8. The molecule has 0 atom stereocenters. The van der Waals surface area contributed by atoms with Gasteiger partial charge in [0.25, 0.3) is 5.91 Å². The predicted octanol–water partition coefficient (Wildman–Crippen LogP) is 1.89. The summed E-state index contributed by atoms with van der Waals surface area (Å²) in [4.78, 5) is 13.7. The first-order valence-corrected chi connectivity index (χ1v) is 7.17. The molecule has 1 fully saturated rings. The molecule has 1 N–H and O–H groups in total. The van der Waals surface area contributed by atoms with Crippen molar-refractivity contribution < 1.29 is 22.4 Å². The highest BCUT2D eigenvalue weighted by Gasteiger charge is 2.43. The quantitative estimate of drug-likeness (QED) is 0.809. The third-order valence-corrected chi connectivity index (χ3v) is 3.60. The van der Waals surface area contributed by atoms with Crippen molar-refractivity contribution in [1.82, 2.24) is 25.2 Å². The molecular formula is C14H14ClF4N5O. The molecule has 1 aliphatic rings. The number of alkyl halides is 3. The molecule has 6 nitrogen and oxygen atoms in total. The van der Waals surface area contributed by atoms with Crippen LogP contribution in [0, 0.1) is 5.82 Å². The van der Waals surface area contributed by atoms with Gasteiger partial charge < -0.3 is 10.2 Å². The maximum absolute atomic E-state index is 13.5. The van der Waals surface area contributed by atoms with Gasteiger partial charge in [0.2, 0.25) is 0 Å². The van der Waals surface area contributed by atoms with E-state index >= 15 is 0 Å². The summed E-state index contributed by atoms with van der Waals surface area (Å²) < 4.78 is 54.2. The van der Waals surface area contributed by atoms with Gasteiger partial charge in [-0.15, -0.1) is 17.5 Å². The minimum Gasteiger partial charge on any atom is -0.335 e. The second-order valence-corrected chi connectivity index (χ2v) is 5.22. The molecular weight excluding hydrogens is 366 g/mol. The fourth-order valence-corrected chi connectivity index (χ4v) is 2.49. The Kier molecular flexibility index (Phi) is 5.63. The Labute approximate surface area is 146 Å². The number of carbonyl (C=O) groups excluding carboxylic acids is 1. The lowest BCUT2D eigenvalue weighted by molar-refractivity contribution is -0.143. The van der Waals surface area contributed by atoms with Crippen molar-refractivity contribution in [3.8, 4) is 5.69 Å². The predicted molar refractivity (Wildman–Crippen MR) is 82.3 cm³/mol. The van der Waals surface area contributed by atoms with E-state index < -0.39 is 29.3 Å². The summed E-state index contributed by atoms with van der Waals surface area (Å²) in [5.41, 5.74) is -2.25. The molecule has 1 amide bonds. The van der Waals surface area contributed by atoms with Crippen LogP contribution >= 0.6 is 12.4 Å². The fourth-order valence-electron chi connectivity index (χ4n) is 2.49. The monoisotopic (exact) mass is 379 g/mol. The van der Waals surface area contributed by atoms with Crippen molar-refractivity contribution in [3.05, 3.63) is 41.5 Å². The molecule has 1 aliphatic heterocycles. The second kappa shape index (κ2) is 7.36. The van der Waals surface area contributed by atoms with Gasteiger partial charge in [0, 0.05) is 26.2 Å². The zero-order valence-corrected chi connectivity index (χ0v) is 13.6. The van der Waals surface area contributed by atoms with Gasteiger partial charge in [-0.1, -0.05) is 11.3 Å². The number of benzene rings is 1. The number of aromatic nitrogens is 3. The Hall–Kier alpha value is -2.20. The summed E-state index contributed by atoms with van der Waals surface area (Å²) in [6, 6.07) is 4.50. The highest BCUT2D eigenvalue weighted by molar-refractivity contribution is 5.93. The Morgan fingerprint density at radius 3 is 2.48 bits per heavy atom. The first-order valence-electron chi connectivity index (χ1n) is 7.17. The molecule has 136 valence electrons. The van der Waals surface area contributed by atoms with Crippen LogP contribution < -0.4 is 5.32 Å². The topological polar surface area (TPSA) is 63.1 Å². The molecule has 0 saturated carbocycles. The third-order valence-electron chi connectivity index (χ3n) is 3.60. The van der Waals surface area contributed by atoms with Crippen LogP contribution in [0.2, 0.25) is 0 Å². The maximum Gasteiger partial charge on any atom is 0.435 e.